The maximum absolute atomic E-state index is 12.6. The Morgan fingerprint density at radius 2 is 1.73 bits per heavy atom. The van der Waals surface area contributed by atoms with Gasteiger partial charge in [0.1, 0.15) is 5.82 Å². The molecule has 2 unspecified atom stereocenters. The zero-order chi connectivity index (χ0) is 21.9. The number of aromatic nitrogens is 2. The Balaban J connectivity index is 1.50. The lowest BCUT2D eigenvalue weighted by atomic mass is 9.86. The van der Waals surface area contributed by atoms with E-state index >= 15 is 0 Å². The molecule has 9 nitrogen and oxygen atoms in total. The second kappa shape index (κ2) is 9.57. The summed E-state index contributed by atoms with van der Waals surface area (Å²) in [6.45, 7) is 8.91. The van der Waals surface area contributed by atoms with E-state index in [-0.39, 0.29) is 30.1 Å². The van der Waals surface area contributed by atoms with E-state index in [0.717, 1.165) is 18.9 Å². The van der Waals surface area contributed by atoms with Crippen LogP contribution in [-0.2, 0) is 19.6 Å². The van der Waals surface area contributed by atoms with Crippen LogP contribution in [0.15, 0.2) is 12.4 Å². The average molecular weight is 440 g/mol. The van der Waals surface area contributed by atoms with Gasteiger partial charge in [-0.2, -0.15) is 0 Å². The lowest BCUT2D eigenvalue weighted by molar-refractivity contribution is -0.120. The van der Waals surface area contributed by atoms with Crippen LogP contribution in [-0.4, -0.2) is 60.9 Å². The highest BCUT2D eigenvalue weighted by atomic mass is 32.2. The van der Waals surface area contributed by atoms with Gasteiger partial charge >= 0.3 is 0 Å². The van der Waals surface area contributed by atoms with Crippen molar-refractivity contribution in [3.63, 3.8) is 0 Å². The molecule has 1 aromatic rings. The van der Waals surface area contributed by atoms with Crippen molar-refractivity contribution >= 4 is 27.6 Å². The highest BCUT2D eigenvalue weighted by molar-refractivity contribution is 7.90. The van der Waals surface area contributed by atoms with E-state index in [1.54, 1.807) is 26.2 Å². The molecule has 2 aliphatic rings. The molecule has 0 spiro atoms. The first-order valence-corrected chi connectivity index (χ1v) is 12.2. The van der Waals surface area contributed by atoms with E-state index < -0.39 is 15.3 Å². The summed E-state index contributed by atoms with van der Waals surface area (Å²) in [7, 11) is -3.29. The highest BCUT2D eigenvalue weighted by Gasteiger charge is 2.30. The van der Waals surface area contributed by atoms with E-state index in [2.05, 4.69) is 24.9 Å². The fourth-order valence-corrected chi connectivity index (χ4v) is 4.96. The monoisotopic (exact) mass is 439 g/mol. The standard InChI is InChI=1S/C20H33N5O4S/c1-13(2)30(27,28)24-17-7-5-16(6-8-17)20(26)23-18-9-22-19(10-21-18)25-11-14(3)29-15(4)12-25/h9-10,13-17,24H,5-8,11-12H2,1-4H3,(H,21,23,26). The number of anilines is 2. The predicted octanol–water partition coefficient (Wildman–Crippen LogP) is 1.92. The number of morpholine rings is 1. The topological polar surface area (TPSA) is 114 Å². The first kappa shape index (κ1) is 22.9. The van der Waals surface area contributed by atoms with Crippen molar-refractivity contribution in [2.75, 3.05) is 23.3 Å². The molecule has 168 valence electrons. The van der Waals surface area contributed by atoms with Crippen LogP contribution in [0.25, 0.3) is 0 Å². The third-order valence-electron chi connectivity index (χ3n) is 5.68. The number of sulfonamides is 1. The first-order valence-electron chi connectivity index (χ1n) is 10.7. The molecule has 0 bridgehead atoms. The number of carbonyl (C=O) groups excluding carboxylic acids is 1. The Morgan fingerprint density at radius 3 is 2.27 bits per heavy atom. The molecule has 3 rings (SSSR count). The second-order valence-corrected chi connectivity index (χ2v) is 10.9. The van der Waals surface area contributed by atoms with Crippen LogP contribution in [0.2, 0.25) is 0 Å². The Hall–Kier alpha value is -1.78. The van der Waals surface area contributed by atoms with Gasteiger partial charge in [0.2, 0.25) is 15.9 Å². The minimum atomic E-state index is -3.29. The van der Waals surface area contributed by atoms with Gasteiger partial charge in [0.15, 0.2) is 5.82 Å². The van der Waals surface area contributed by atoms with E-state index in [4.69, 9.17) is 4.74 Å². The van der Waals surface area contributed by atoms with Crippen molar-refractivity contribution in [1.82, 2.24) is 14.7 Å². The van der Waals surface area contributed by atoms with Gasteiger partial charge in [-0.25, -0.2) is 23.1 Å². The van der Waals surface area contributed by atoms with Crippen molar-refractivity contribution < 1.29 is 17.9 Å². The second-order valence-electron chi connectivity index (χ2n) is 8.67. The number of hydrogen-bond donors (Lipinski definition) is 2. The van der Waals surface area contributed by atoms with Crippen LogP contribution < -0.4 is 14.9 Å². The Kier molecular flexibility index (Phi) is 7.30. The third kappa shape index (κ3) is 5.89. The molecule has 2 heterocycles. The molecule has 1 amide bonds. The van der Waals surface area contributed by atoms with Gasteiger partial charge in [-0.1, -0.05) is 0 Å². The maximum atomic E-state index is 12.6. The Labute approximate surface area is 179 Å². The maximum Gasteiger partial charge on any atom is 0.228 e. The zero-order valence-electron chi connectivity index (χ0n) is 18.2. The first-order chi connectivity index (χ1) is 14.1. The van der Waals surface area contributed by atoms with E-state index in [1.807, 2.05) is 13.8 Å². The van der Waals surface area contributed by atoms with Gasteiger partial charge in [-0.15, -0.1) is 0 Å². The average Bonchev–Trinajstić information content (AvgIpc) is 2.68. The molecule has 2 N–H and O–H groups in total. The van der Waals surface area contributed by atoms with Crippen LogP contribution in [0, 0.1) is 5.92 Å². The minimum Gasteiger partial charge on any atom is -0.372 e. The van der Waals surface area contributed by atoms with Gasteiger partial charge in [0.25, 0.3) is 0 Å². The van der Waals surface area contributed by atoms with Crippen molar-refractivity contribution in [2.24, 2.45) is 5.92 Å². The molecule has 30 heavy (non-hydrogen) atoms. The summed E-state index contributed by atoms with van der Waals surface area (Å²) in [5.74, 6) is 0.969. The molecular formula is C20H33N5O4S. The molecule has 1 aliphatic carbocycles. The fraction of sp³-hybridized carbons (Fsp3) is 0.750. The SMILES string of the molecule is CC1CN(c2cnc(NC(=O)C3CCC(NS(=O)(=O)C(C)C)CC3)cn2)CC(C)O1. The highest BCUT2D eigenvalue weighted by Crippen LogP contribution is 2.26. The van der Waals surface area contributed by atoms with E-state index in [9.17, 15) is 13.2 Å². The van der Waals surface area contributed by atoms with Crippen molar-refractivity contribution in [1.29, 1.82) is 0 Å². The lowest BCUT2D eigenvalue weighted by Gasteiger charge is -2.35. The number of nitrogens with zero attached hydrogens (tertiary/aromatic N) is 3. The molecule has 0 radical (unpaired) electrons. The summed E-state index contributed by atoms with van der Waals surface area (Å²) in [5, 5.41) is 2.39. The van der Waals surface area contributed by atoms with Crippen LogP contribution >= 0.6 is 0 Å². The zero-order valence-corrected chi connectivity index (χ0v) is 19.0. The summed E-state index contributed by atoms with van der Waals surface area (Å²) >= 11 is 0. The lowest BCUT2D eigenvalue weighted by Crippen LogP contribution is -2.45. The van der Waals surface area contributed by atoms with Gasteiger partial charge in [-0.05, 0) is 53.4 Å². The number of rotatable bonds is 6. The van der Waals surface area contributed by atoms with Crippen LogP contribution in [0.3, 0.4) is 0 Å². The van der Waals surface area contributed by atoms with E-state index in [1.165, 1.54) is 0 Å². The van der Waals surface area contributed by atoms with Gasteiger partial charge in [-0.3, -0.25) is 4.79 Å². The minimum absolute atomic E-state index is 0.0872. The van der Waals surface area contributed by atoms with Gasteiger partial charge in [0.05, 0.1) is 29.9 Å². The fourth-order valence-electron chi connectivity index (χ4n) is 3.98. The normalized spacial score (nSPS) is 27.8. The molecule has 0 aromatic carbocycles. The van der Waals surface area contributed by atoms with Gasteiger partial charge < -0.3 is 15.0 Å². The molecule has 2 fully saturated rings. The van der Waals surface area contributed by atoms with Crippen molar-refractivity contribution in [2.45, 2.75) is 76.9 Å². The van der Waals surface area contributed by atoms with Crippen LogP contribution in [0.4, 0.5) is 11.6 Å². The number of amides is 1. The summed E-state index contributed by atoms with van der Waals surface area (Å²) in [6, 6.07) is -0.0983. The molecular weight excluding hydrogens is 406 g/mol. The number of nitrogens with one attached hydrogen (secondary N) is 2. The van der Waals surface area contributed by atoms with Crippen molar-refractivity contribution in [3.05, 3.63) is 12.4 Å². The molecule has 1 aromatic heterocycles. The largest absolute Gasteiger partial charge is 0.372 e. The molecule has 1 saturated carbocycles. The van der Waals surface area contributed by atoms with Crippen molar-refractivity contribution in [3.8, 4) is 0 Å². The Morgan fingerprint density at radius 1 is 1.10 bits per heavy atom. The smallest absolute Gasteiger partial charge is 0.228 e. The number of carbonyl (C=O) groups is 1. The third-order valence-corrected chi connectivity index (χ3v) is 7.59. The van der Waals surface area contributed by atoms with Crippen LogP contribution in [0.5, 0.6) is 0 Å². The molecule has 10 heteroatoms. The molecule has 2 atom stereocenters. The molecule has 1 saturated heterocycles. The summed E-state index contributed by atoms with van der Waals surface area (Å²) in [6.07, 6.45) is 6.13. The summed E-state index contributed by atoms with van der Waals surface area (Å²) in [4.78, 5) is 23.5. The number of ether oxygens (including phenoxy) is 1. The quantitative estimate of drug-likeness (QED) is 0.696. The summed E-state index contributed by atoms with van der Waals surface area (Å²) in [5.41, 5.74) is 0. The molecule has 1 aliphatic heterocycles. The summed E-state index contributed by atoms with van der Waals surface area (Å²) < 4.78 is 32.5. The van der Waals surface area contributed by atoms with E-state index in [0.29, 0.717) is 31.5 Å². The Bertz CT molecular complexity index is 812. The van der Waals surface area contributed by atoms with Crippen LogP contribution in [0.1, 0.15) is 53.4 Å². The number of hydrogen-bond acceptors (Lipinski definition) is 7. The van der Waals surface area contributed by atoms with Gasteiger partial charge in [0, 0.05) is 25.0 Å². The predicted molar refractivity (Wildman–Crippen MR) is 116 cm³/mol.